The van der Waals surface area contributed by atoms with Gasteiger partial charge in [0, 0.05) is 44.8 Å². The zero-order valence-electron chi connectivity index (χ0n) is 15.2. The normalized spacial score (nSPS) is 24.6. The van der Waals surface area contributed by atoms with E-state index in [0.29, 0.717) is 24.2 Å². The Hall–Kier alpha value is -1.73. The molecule has 0 radical (unpaired) electrons. The zero-order valence-corrected chi connectivity index (χ0v) is 15.2. The smallest absolute Gasteiger partial charge is 0.274 e. The molecule has 2 atom stereocenters. The van der Waals surface area contributed by atoms with Crippen LogP contribution in [0.3, 0.4) is 0 Å². The second-order valence-electron chi connectivity index (χ2n) is 6.87. The van der Waals surface area contributed by atoms with Crippen LogP contribution in [-0.4, -0.2) is 70.9 Å². The van der Waals surface area contributed by atoms with Crippen LogP contribution in [0.5, 0.6) is 0 Å². The molecule has 2 saturated heterocycles. The first kappa shape index (κ1) is 18.1. The number of nitrogens with zero attached hydrogens (tertiary/aromatic N) is 4. The minimum atomic E-state index is -0.155. The molecule has 138 valence electrons. The molecule has 0 N–H and O–H groups in total. The summed E-state index contributed by atoms with van der Waals surface area (Å²) >= 11 is 0. The number of aryl methyl sites for hydroxylation is 1. The molecule has 7 heteroatoms. The first-order valence-corrected chi connectivity index (χ1v) is 9.33. The van der Waals surface area contributed by atoms with Gasteiger partial charge in [-0.05, 0) is 18.4 Å². The van der Waals surface area contributed by atoms with Crippen molar-refractivity contribution < 1.29 is 9.53 Å². The van der Waals surface area contributed by atoms with Crippen molar-refractivity contribution in [3.63, 3.8) is 0 Å². The maximum absolute atomic E-state index is 12.9. The fourth-order valence-electron chi connectivity index (χ4n) is 3.84. The van der Waals surface area contributed by atoms with E-state index in [1.807, 2.05) is 11.8 Å². The van der Waals surface area contributed by atoms with Gasteiger partial charge in [-0.15, -0.1) is 0 Å². The van der Waals surface area contributed by atoms with Crippen LogP contribution in [0, 0.1) is 5.92 Å². The second kappa shape index (κ2) is 8.10. The van der Waals surface area contributed by atoms with Crippen LogP contribution in [0.4, 0.5) is 0 Å². The van der Waals surface area contributed by atoms with Crippen molar-refractivity contribution in [2.75, 3.05) is 39.4 Å². The Kier molecular flexibility index (Phi) is 5.86. The zero-order chi connectivity index (χ0) is 17.8. The van der Waals surface area contributed by atoms with Gasteiger partial charge in [0.15, 0.2) is 0 Å². The molecule has 1 aromatic rings. The van der Waals surface area contributed by atoms with Crippen molar-refractivity contribution in [2.45, 2.75) is 39.3 Å². The van der Waals surface area contributed by atoms with Crippen molar-refractivity contribution >= 4 is 5.91 Å². The molecule has 2 fully saturated rings. The molecule has 0 unspecified atom stereocenters. The highest BCUT2D eigenvalue weighted by molar-refractivity contribution is 5.92. The van der Waals surface area contributed by atoms with Crippen LogP contribution in [0.15, 0.2) is 16.9 Å². The van der Waals surface area contributed by atoms with Gasteiger partial charge in [0.1, 0.15) is 5.69 Å². The average molecular weight is 348 g/mol. The van der Waals surface area contributed by atoms with E-state index in [2.05, 4.69) is 16.9 Å². The number of ether oxygens (including phenoxy) is 1. The Morgan fingerprint density at radius 1 is 1.24 bits per heavy atom. The second-order valence-corrected chi connectivity index (χ2v) is 6.87. The van der Waals surface area contributed by atoms with E-state index in [4.69, 9.17) is 4.74 Å². The maximum Gasteiger partial charge on any atom is 0.274 e. The van der Waals surface area contributed by atoms with Gasteiger partial charge in [0.2, 0.25) is 0 Å². The number of hydrogen-bond donors (Lipinski definition) is 0. The highest BCUT2D eigenvalue weighted by Gasteiger charge is 2.38. The lowest BCUT2D eigenvalue weighted by atomic mass is 9.99. The number of aromatic nitrogens is 2. The molecular weight excluding hydrogens is 320 g/mol. The quantitative estimate of drug-likeness (QED) is 0.789. The SMILES string of the molecule is CCCn1nc(C(=O)N2C[C@@H](CC)[C@H](N3CCOCC3)C2)ccc1=O. The lowest BCUT2D eigenvalue weighted by molar-refractivity contribution is 0.0102. The number of rotatable bonds is 5. The van der Waals surface area contributed by atoms with E-state index < -0.39 is 0 Å². The summed E-state index contributed by atoms with van der Waals surface area (Å²) in [5.74, 6) is 0.405. The fraction of sp³-hybridized carbons (Fsp3) is 0.722. The molecule has 0 bridgehead atoms. The van der Waals surface area contributed by atoms with Gasteiger partial charge in [-0.1, -0.05) is 20.3 Å². The molecule has 2 aliphatic rings. The molecule has 7 nitrogen and oxygen atoms in total. The first-order valence-electron chi connectivity index (χ1n) is 9.33. The largest absolute Gasteiger partial charge is 0.379 e. The Morgan fingerprint density at radius 2 is 2.00 bits per heavy atom. The molecule has 3 heterocycles. The predicted molar refractivity (Wildman–Crippen MR) is 94.7 cm³/mol. The van der Waals surface area contributed by atoms with E-state index in [9.17, 15) is 9.59 Å². The summed E-state index contributed by atoms with van der Waals surface area (Å²) in [6.07, 6.45) is 1.86. The summed E-state index contributed by atoms with van der Waals surface area (Å²) in [6.45, 7) is 9.60. The summed E-state index contributed by atoms with van der Waals surface area (Å²) in [6, 6.07) is 3.39. The van der Waals surface area contributed by atoms with E-state index in [0.717, 1.165) is 52.2 Å². The van der Waals surface area contributed by atoms with Crippen molar-refractivity contribution in [1.29, 1.82) is 0 Å². The first-order chi connectivity index (χ1) is 12.1. The van der Waals surface area contributed by atoms with E-state index in [1.54, 1.807) is 6.07 Å². The molecule has 0 aromatic carbocycles. The number of carbonyl (C=O) groups excluding carboxylic acids is 1. The molecule has 0 saturated carbocycles. The van der Waals surface area contributed by atoms with E-state index >= 15 is 0 Å². The monoisotopic (exact) mass is 348 g/mol. The van der Waals surface area contributed by atoms with Crippen LogP contribution < -0.4 is 5.56 Å². The predicted octanol–water partition coefficient (Wildman–Crippen LogP) is 0.836. The molecule has 2 aliphatic heterocycles. The summed E-state index contributed by atoms with van der Waals surface area (Å²) in [4.78, 5) is 29.1. The molecule has 3 rings (SSSR count). The Balaban J connectivity index is 1.74. The number of morpholine rings is 1. The molecular formula is C18H28N4O3. The third-order valence-electron chi connectivity index (χ3n) is 5.25. The van der Waals surface area contributed by atoms with Crippen molar-refractivity contribution in [2.24, 2.45) is 5.92 Å². The topological polar surface area (TPSA) is 67.7 Å². The third kappa shape index (κ3) is 3.93. The Bertz CT molecular complexity index is 654. The van der Waals surface area contributed by atoms with Gasteiger partial charge in [0.05, 0.1) is 13.2 Å². The molecule has 1 amide bonds. The van der Waals surface area contributed by atoms with Gasteiger partial charge in [-0.3, -0.25) is 14.5 Å². The number of carbonyl (C=O) groups is 1. The van der Waals surface area contributed by atoms with Gasteiger partial charge in [0.25, 0.3) is 11.5 Å². The van der Waals surface area contributed by atoms with Crippen LogP contribution in [0.25, 0.3) is 0 Å². The molecule has 0 aliphatic carbocycles. The average Bonchev–Trinajstić information content (AvgIpc) is 3.08. The lowest BCUT2D eigenvalue weighted by Gasteiger charge is -2.34. The van der Waals surface area contributed by atoms with Gasteiger partial charge in [-0.2, -0.15) is 5.10 Å². The third-order valence-corrected chi connectivity index (χ3v) is 5.25. The van der Waals surface area contributed by atoms with Crippen molar-refractivity contribution in [3.05, 3.63) is 28.2 Å². The van der Waals surface area contributed by atoms with Gasteiger partial charge >= 0.3 is 0 Å². The minimum absolute atomic E-state index is 0.0703. The van der Waals surface area contributed by atoms with Crippen molar-refractivity contribution in [3.8, 4) is 0 Å². The highest BCUT2D eigenvalue weighted by Crippen LogP contribution is 2.26. The molecule has 1 aromatic heterocycles. The Morgan fingerprint density at radius 3 is 2.68 bits per heavy atom. The molecule has 25 heavy (non-hydrogen) atoms. The number of likely N-dealkylation sites (tertiary alicyclic amines) is 1. The molecule has 0 spiro atoms. The maximum atomic E-state index is 12.9. The fourth-order valence-corrected chi connectivity index (χ4v) is 3.84. The van der Waals surface area contributed by atoms with E-state index in [1.165, 1.54) is 10.7 Å². The highest BCUT2D eigenvalue weighted by atomic mass is 16.5. The number of hydrogen-bond acceptors (Lipinski definition) is 5. The van der Waals surface area contributed by atoms with Crippen LogP contribution in [0.2, 0.25) is 0 Å². The number of amides is 1. The summed E-state index contributed by atoms with van der Waals surface area (Å²) in [7, 11) is 0. The van der Waals surface area contributed by atoms with Gasteiger partial charge < -0.3 is 9.64 Å². The minimum Gasteiger partial charge on any atom is -0.379 e. The van der Waals surface area contributed by atoms with E-state index in [-0.39, 0.29) is 11.5 Å². The van der Waals surface area contributed by atoms with Gasteiger partial charge in [-0.25, -0.2) is 4.68 Å². The summed E-state index contributed by atoms with van der Waals surface area (Å²) in [5, 5.41) is 4.27. The Labute approximate surface area is 148 Å². The standard InChI is InChI=1S/C18H28N4O3/c1-3-7-22-17(23)6-5-15(19-22)18(24)21-12-14(4-2)16(13-21)20-8-10-25-11-9-20/h5-6,14,16H,3-4,7-13H2,1-2H3/t14-,16-/m1/s1. The summed E-state index contributed by atoms with van der Waals surface area (Å²) in [5.41, 5.74) is 0.211. The van der Waals surface area contributed by atoms with Crippen LogP contribution in [0.1, 0.15) is 37.2 Å². The van der Waals surface area contributed by atoms with Crippen molar-refractivity contribution in [1.82, 2.24) is 19.6 Å². The lowest BCUT2D eigenvalue weighted by Crippen LogP contribution is -2.47. The van der Waals surface area contributed by atoms with Crippen LogP contribution >= 0.6 is 0 Å². The summed E-state index contributed by atoms with van der Waals surface area (Å²) < 4.78 is 6.84. The van der Waals surface area contributed by atoms with Crippen LogP contribution in [-0.2, 0) is 11.3 Å².